The Kier molecular flexibility index (Phi) is 4.80. The van der Waals surface area contributed by atoms with Gasteiger partial charge in [-0.2, -0.15) is 4.37 Å². The van der Waals surface area contributed by atoms with E-state index in [1.54, 1.807) is 11.8 Å². The van der Waals surface area contributed by atoms with Crippen LogP contribution in [0.3, 0.4) is 0 Å². The van der Waals surface area contributed by atoms with Gasteiger partial charge >= 0.3 is 0 Å². The summed E-state index contributed by atoms with van der Waals surface area (Å²) in [5.41, 5.74) is 1.64. The maximum Gasteiger partial charge on any atom is 0.256 e. The molecule has 1 aliphatic rings. The van der Waals surface area contributed by atoms with Gasteiger partial charge in [-0.3, -0.25) is 4.79 Å². The number of nitrogens with zero attached hydrogens (tertiary/aromatic N) is 1. The summed E-state index contributed by atoms with van der Waals surface area (Å²) >= 11 is 4.39. The fraction of sp³-hybridized carbons (Fsp3) is 0.286. The number of fused-ring (bicyclic) bond motifs is 1. The smallest absolute Gasteiger partial charge is 0.256 e. The topological polar surface area (TPSA) is 60.5 Å². The van der Waals surface area contributed by atoms with Crippen LogP contribution in [0.25, 0.3) is 0 Å². The summed E-state index contributed by atoms with van der Waals surface area (Å²) < 4.78 is 15.9. The van der Waals surface area contributed by atoms with Gasteiger partial charge in [-0.05, 0) is 41.7 Å². The molecule has 22 heavy (non-hydrogen) atoms. The van der Waals surface area contributed by atoms with Crippen molar-refractivity contribution in [1.82, 2.24) is 9.69 Å². The van der Waals surface area contributed by atoms with Gasteiger partial charge in [0.15, 0.2) is 11.5 Å². The first kappa shape index (κ1) is 15.5. The number of ether oxygens (including phenoxy) is 2. The highest BCUT2D eigenvalue weighted by molar-refractivity contribution is 8.01. The fourth-order valence-electron chi connectivity index (χ4n) is 2.05. The Morgan fingerprint density at radius 1 is 1.32 bits per heavy atom. The van der Waals surface area contributed by atoms with Crippen molar-refractivity contribution in [3.05, 3.63) is 29.3 Å². The van der Waals surface area contributed by atoms with E-state index in [9.17, 15) is 4.79 Å². The minimum atomic E-state index is -0.0971. The zero-order valence-corrected chi connectivity index (χ0v) is 14.5. The zero-order chi connectivity index (χ0) is 15.5. The Hall–Kier alpha value is -1.38. The Bertz CT molecular complexity index is 681. The van der Waals surface area contributed by atoms with Gasteiger partial charge < -0.3 is 14.8 Å². The summed E-state index contributed by atoms with van der Waals surface area (Å²) in [6.07, 6.45) is 3.88. The molecule has 0 aliphatic carbocycles. The van der Waals surface area contributed by atoms with E-state index in [1.807, 2.05) is 30.7 Å². The summed E-state index contributed by atoms with van der Waals surface area (Å²) in [5, 5.41) is 3.72. The number of hydrogen-bond acceptors (Lipinski definition) is 7. The monoisotopic (exact) mass is 354 g/mol. The maximum absolute atomic E-state index is 12.4. The molecule has 2 aromatic rings. The van der Waals surface area contributed by atoms with Crippen LogP contribution in [0, 0.1) is 0 Å². The van der Waals surface area contributed by atoms with Gasteiger partial charge in [-0.15, -0.1) is 23.5 Å². The molecular weight excluding hydrogens is 340 g/mol. The van der Waals surface area contributed by atoms with Crippen LogP contribution in [0.2, 0.25) is 0 Å². The van der Waals surface area contributed by atoms with Gasteiger partial charge in [-0.1, -0.05) is 6.07 Å². The van der Waals surface area contributed by atoms with Crippen molar-refractivity contribution >= 4 is 41.0 Å². The van der Waals surface area contributed by atoms with Gasteiger partial charge in [0.1, 0.15) is 5.03 Å². The first-order chi connectivity index (χ1) is 10.7. The second-order valence-corrected chi connectivity index (χ2v) is 7.07. The van der Waals surface area contributed by atoms with Crippen LogP contribution in [-0.2, 0) is 6.54 Å². The SMILES string of the molecule is CSc1nsc(SC)c1C(=O)NCc1ccc2c(c1)OCO2. The van der Waals surface area contributed by atoms with Crippen LogP contribution in [0.5, 0.6) is 11.5 Å². The van der Waals surface area contributed by atoms with Crippen LogP contribution in [-0.4, -0.2) is 29.6 Å². The molecule has 1 N–H and O–H groups in total. The molecule has 0 bridgehead atoms. The van der Waals surface area contributed by atoms with E-state index in [4.69, 9.17) is 9.47 Å². The minimum Gasteiger partial charge on any atom is -0.454 e. The summed E-state index contributed by atoms with van der Waals surface area (Å²) in [6.45, 7) is 0.687. The molecule has 0 saturated carbocycles. The normalized spacial score (nSPS) is 12.5. The molecule has 0 unspecified atom stereocenters. The minimum absolute atomic E-state index is 0.0971. The number of rotatable bonds is 5. The third-order valence-corrected chi connectivity index (χ3v) is 5.87. The highest BCUT2D eigenvalue weighted by atomic mass is 32.2. The predicted octanol–water partition coefficient (Wildman–Crippen LogP) is 3.25. The van der Waals surface area contributed by atoms with Crippen molar-refractivity contribution in [3.8, 4) is 11.5 Å². The largest absolute Gasteiger partial charge is 0.454 e. The molecule has 0 atom stereocenters. The van der Waals surface area contributed by atoms with Crippen molar-refractivity contribution in [2.45, 2.75) is 15.8 Å². The second-order valence-electron chi connectivity index (χ2n) is 4.43. The highest BCUT2D eigenvalue weighted by Crippen LogP contribution is 2.33. The van der Waals surface area contributed by atoms with Crippen molar-refractivity contribution in [3.63, 3.8) is 0 Å². The van der Waals surface area contributed by atoms with E-state index in [2.05, 4.69) is 9.69 Å². The highest BCUT2D eigenvalue weighted by Gasteiger charge is 2.20. The first-order valence-electron chi connectivity index (χ1n) is 6.47. The average Bonchev–Trinajstić information content (AvgIpc) is 3.17. The Balaban J connectivity index is 1.71. The molecule has 1 amide bonds. The number of aromatic nitrogens is 1. The Labute approximate surface area is 140 Å². The number of benzene rings is 1. The van der Waals surface area contributed by atoms with Crippen LogP contribution >= 0.6 is 35.1 Å². The van der Waals surface area contributed by atoms with Crippen LogP contribution < -0.4 is 14.8 Å². The molecule has 0 saturated heterocycles. The van der Waals surface area contributed by atoms with Crippen molar-refractivity contribution in [2.75, 3.05) is 19.3 Å². The lowest BCUT2D eigenvalue weighted by Crippen LogP contribution is -2.23. The Morgan fingerprint density at radius 3 is 2.91 bits per heavy atom. The number of carbonyl (C=O) groups is 1. The van der Waals surface area contributed by atoms with Crippen molar-refractivity contribution < 1.29 is 14.3 Å². The maximum atomic E-state index is 12.4. The third-order valence-electron chi connectivity index (χ3n) is 3.13. The fourth-order valence-corrected chi connectivity index (χ4v) is 4.33. The third kappa shape index (κ3) is 3.04. The second kappa shape index (κ2) is 6.80. The van der Waals surface area contributed by atoms with E-state index in [-0.39, 0.29) is 12.7 Å². The quantitative estimate of drug-likeness (QED) is 0.832. The molecule has 3 rings (SSSR count). The first-order valence-corrected chi connectivity index (χ1v) is 9.69. The summed E-state index contributed by atoms with van der Waals surface area (Å²) in [4.78, 5) is 12.4. The van der Waals surface area contributed by atoms with Crippen molar-refractivity contribution in [2.24, 2.45) is 0 Å². The summed E-state index contributed by atoms with van der Waals surface area (Å²) in [5.74, 6) is 1.37. The molecular formula is C14H14N2O3S3. The van der Waals surface area contributed by atoms with Gasteiger partial charge in [0.2, 0.25) is 6.79 Å². The number of carbonyl (C=O) groups excluding carboxylic acids is 1. The Morgan fingerprint density at radius 2 is 2.14 bits per heavy atom. The van der Waals surface area contributed by atoms with E-state index in [0.29, 0.717) is 12.1 Å². The molecule has 0 spiro atoms. The lowest BCUT2D eigenvalue weighted by atomic mass is 10.2. The molecule has 116 valence electrons. The van der Waals surface area contributed by atoms with Crippen molar-refractivity contribution in [1.29, 1.82) is 0 Å². The van der Waals surface area contributed by atoms with E-state index >= 15 is 0 Å². The predicted molar refractivity (Wildman–Crippen MR) is 89.4 cm³/mol. The van der Waals surface area contributed by atoms with Gasteiger partial charge in [0.05, 0.1) is 9.77 Å². The van der Waals surface area contributed by atoms with E-state index in [0.717, 1.165) is 26.3 Å². The molecule has 8 heteroatoms. The molecule has 5 nitrogen and oxygen atoms in total. The number of hydrogen-bond donors (Lipinski definition) is 1. The molecule has 0 radical (unpaired) electrons. The molecule has 1 aromatic heterocycles. The molecule has 1 aromatic carbocycles. The van der Waals surface area contributed by atoms with Gasteiger partial charge in [0, 0.05) is 6.54 Å². The summed E-state index contributed by atoms with van der Waals surface area (Å²) in [7, 11) is 0. The van der Waals surface area contributed by atoms with Crippen LogP contribution in [0.4, 0.5) is 0 Å². The molecule has 2 heterocycles. The molecule has 0 fully saturated rings. The van der Waals surface area contributed by atoms with Crippen LogP contribution in [0.15, 0.2) is 27.4 Å². The van der Waals surface area contributed by atoms with Crippen LogP contribution in [0.1, 0.15) is 15.9 Å². The van der Waals surface area contributed by atoms with Gasteiger partial charge in [-0.25, -0.2) is 0 Å². The zero-order valence-electron chi connectivity index (χ0n) is 12.0. The van der Waals surface area contributed by atoms with Gasteiger partial charge in [0.25, 0.3) is 5.91 Å². The molecule has 1 aliphatic heterocycles. The van der Waals surface area contributed by atoms with E-state index < -0.39 is 0 Å². The summed E-state index contributed by atoms with van der Waals surface area (Å²) in [6, 6.07) is 5.67. The number of nitrogens with one attached hydrogen (secondary N) is 1. The average molecular weight is 354 g/mol. The van der Waals surface area contributed by atoms with E-state index in [1.165, 1.54) is 23.3 Å². The lowest BCUT2D eigenvalue weighted by Gasteiger charge is -2.07. The standard InChI is InChI=1S/C14H14N2O3S3/c1-20-13-11(14(21-2)22-16-13)12(17)15-6-8-3-4-9-10(5-8)19-7-18-9/h3-5H,6-7H2,1-2H3,(H,15,17). The number of thioether (sulfide) groups is 2. The number of amides is 1. The lowest BCUT2D eigenvalue weighted by molar-refractivity contribution is 0.0945.